The smallest absolute Gasteiger partial charge is 0.323 e. The van der Waals surface area contributed by atoms with E-state index in [1.165, 1.54) is 21.1 Å². The lowest BCUT2D eigenvalue weighted by Gasteiger charge is -2.23. The van der Waals surface area contributed by atoms with Crippen LogP contribution in [0.2, 0.25) is 0 Å². The SMILES string of the molecule is COC(=O)C(C)(Cc1ccc(Br)cc1)C(=O)OC. The predicted octanol–water partition coefficient (Wildman–Crippen LogP) is 2.34. The Labute approximate surface area is 114 Å². The standard InChI is InChI=1S/C13H15BrO4/c1-13(11(15)17-2,12(16)18-3)8-9-4-6-10(14)7-5-9/h4-7H,8H2,1-3H3. The third-order valence-electron chi connectivity index (χ3n) is 2.74. The molecule has 0 N–H and O–H groups in total. The van der Waals surface area contributed by atoms with Crippen LogP contribution >= 0.6 is 15.9 Å². The number of hydrogen-bond acceptors (Lipinski definition) is 4. The van der Waals surface area contributed by atoms with Gasteiger partial charge in [-0.05, 0) is 31.0 Å². The molecule has 1 aromatic carbocycles. The summed E-state index contributed by atoms with van der Waals surface area (Å²) in [5.41, 5.74) is -0.464. The molecule has 0 radical (unpaired) electrons. The summed E-state index contributed by atoms with van der Waals surface area (Å²) in [5, 5.41) is 0. The molecule has 1 aromatic rings. The molecule has 0 aliphatic carbocycles. The number of carbonyl (C=O) groups is 2. The van der Waals surface area contributed by atoms with Crippen LogP contribution in [0.15, 0.2) is 28.7 Å². The lowest BCUT2D eigenvalue weighted by atomic mass is 9.83. The van der Waals surface area contributed by atoms with Gasteiger partial charge in [0.1, 0.15) is 0 Å². The van der Waals surface area contributed by atoms with Gasteiger partial charge in [-0.3, -0.25) is 9.59 Å². The summed E-state index contributed by atoms with van der Waals surface area (Å²) in [6, 6.07) is 7.39. The van der Waals surface area contributed by atoms with Gasteiger partial charge in [0.15, 0.2) is 5.41 Å². The Bertz CT molecular complexity index is 423. The molecule has 0 fully saturated rings. The average molecular weight is 315 g/mol. The minimum absolute atomic E-state index is 0.236. The Hall–Kier alpha value is -1.36. The molecule has 4 nitrogen and oxygen atoms in total. The second kappa shape index (κ2) is 6.00. The van der Waals surface area contributed by atoms with E-state index < -0.39 is 17.4 Å². The Morgan fingerprint density at radius 2 is 1.56 bits per heavy atom. The van der Waals surface area contributed by atoms with Gasteiger partial charge in [-0.1, -0.05) is 28.1 Å². The molecule has 0 heterocycles. The highest BCUT2D eigenvalue weighted by Crippen LogP contribution is 2.26. The highest BCUT2D eigenvalue weighted by atomic mass is 79.9. The van der Waals surface area contributed by atoms with Gasteiger partial charge in [0, 0.05) is 4.47 Å². The van der Waals surface area contributed by atoms with E-state index in [-0.39, 0.29) is 6.42 Å². The molecule has 0 bridgehead atoms. The largest absolute Gasteiger partial charge is 0.468 e. The zero-order valence-corrected chi connectivity index (χ0v) is 12.1. The Balaban J connectivity index is 3.02. The van der Waals surface area contributed by atoms with Crippen LogP contribution in [-0.4, -0.2) is 26.2 Å². The minimum atomic E-state index is -1.32. The molecule has 0 unspecified atom stereocenters. The van der Waals surface area contributed by atoms with Crippen molar-refractivity contribution in [3.63, 3.8) is 0 Å². The fraction of sp³-hybridized carbons (Fsp3) is 0.385. The third kappa shape index (κ3) is 3.10. The van der Waals surface area contributed by atoms with Gasteiger partial charge in [-0.25, -0.2) is 0 Å². The Kier molecular flexibility index (Phi) is 4.90. The molecular weight excluding hydrogens is 300 g/mol. The van der Waals surface area contributed by atoms with Crippen LogP contribution in [0.25, 0.3) is 0 Å². The van der Waals surface area contributed by atoms with Crippen LogP contribution in [0.4, 0.5) is 0 Å². The lowest BCUT2D eigenvalue weighted by Crippen LogP contribution is -2.40. The molecule has 5 heteroatoms. The van der Waals surface area contributed by atoms with Crippen LogP contribution < -0.4 is 0 Å². The Morgan fingerprint density at radius 1 is 1.11 bits per heavy atom. The van der Waals surface area contributed by atoms with Crippen molar-refractivity contribution in [2.75, 3.05) is 14.2 Å². The van der Waals surface area contributed by atoms with E-state index in [1.54, 1.807) is 0 Å². The highest BCUT2D eigenvalue weighted by Gasteiger charge is 2.43. The number of esters is 2. The minimum Gasteiger partial charge on any atom is -0.468 e. The molecule has 98 valence electrons. The summed E-state index contributed by atoms with van der Waals surface area (Å²) in [5.74, 6) is -1.20. The van der Waals surface area contributed by atoms with E-state index in [2.05, 4.69) is 25.4 Å². The average Bonchev–Trinajstić information content (AvgIpc) is 2.39. The van der Waals surface area contributed by atoms with Crippen molar-refractivity contribution in [2.45, 2.75) is 13.3 Å². The van der Waals surface area contributed by atoms with Gasteiger partial charge in [0.2, 0.25) is 0 Å². The summed E-state index contributed by atoms with van der Waals surface area (Å²) in [7, 11) is 2.51. The van der Waals surface area contributed by atoms with Crippen molar-refractivity contribution in [3.05, 3.63) is 34.3 Å². The van der Waals surface area contributed by atoms with Crippen molar-refractivity contribution in [1.29, 1.82) is 0 Å². The van der Waals surface area contributed by atoms with Gasteiger partial charge in [0.25, 0.3) is 0 Å². The second-order valence-electron chi connectivity index (χ2n) is 4.12. The maximum atomic E-state index is 11.8. The first-order valence-electron chi connectivity index (χ1n) is 5.35. The molecule has 0 saturated heterocycles. The van der Waals surface area contributed by atoms with Gasteiger partial charge >= 0.3 is 11.9 Å². The molecule has 18 heavy (non-hydrogen) atoms. The topological polar surface area (TPSA) is 52.6 Å². The third-order valence-corrected chi connectivity index (χ3v) is 3.27. The van der Waals surface area contributed by atoms with Crippen molar-refractivity contribution >= 4 is 27.9 Å². The normalized spacial score (nSPS) is 10.9. The van der Waals surface area contributed by atoms with E-state index in [0.29, 0.717) is 0 Å². The monoisotopic (exact) mass is 314 g/mol. The van der Waals surface area contributed by atoms with Gasteiger partial charge in [-0.2, -0.15) is 0 Å². The first-order valence-corrected chi connectivity index (χ1v) is 6.14. The summed E-state index contributed by atoms with van der Waals surface area (Å²) >= 11 is 3.33. The zero-order valence-electron chi connectivity index (χ0n) is 10.5. The van der Waals surface area contributed by atoms with Crippen LogP contribution in [0.5, 0.6) is 0 Å². The maximum absolute atomic E-state index is 11.8. The van der Waals surface area contributed by atoms with Crippen LogP contribution in [0.1, 0.15) is 12.5 Å². The first-order chi connectivity index (χ1) is 8.43. The highest BCUT2D eigenvalue weighted by molar-refractivity contribution is 9.10. The number of ether oxygens (including phenoxy) is 2. The van der Waals surface area contributed by atoms with E-state index in [9.17, 15) is 9.59 Å². The fourth-order valence-corrected chi connectivity index (χ4v) is 1.95. The maximum Gasteiger partial charge on any atom is 0.323 e. The number of rotatable bonds is 4. The fourth-order valence-electron chi connectivity index (χ4n) is 1.69. The molecule has 0 amide bonds. The number of hydrogen-bond donors (Lipinski definition) is 0. The van der Waals surface area contributed by atoms with Gasteiger partial charge < -0.3 is 9.47 Å². The summed E-state index contributed by atoms with van der Waals surface area (Å²) < 4.78 is 10.3. The molecule has 0 atom stereocenters. The van der Waals surface area contributed by atoms with E-state index in [1.807, 2.05) is 24.3 Å². The predicted molar refractivity (Wildman–Crippen MR) is 70.0 cm³/mol. The van der Waals surface area contributed by atoms with Crippen molar-refractivity contribution in [3.8, 4) is 0 Å². The van der Waals surface area contributed by atoms with E-state index in [0.717, 1.165) is 10.0 Å². The summed E-state index contributed by atoms with van der Waals surface area (Å²) in [6.45, 7) is 1.52. The number of benzene rings is 1. The molecule has 0 saturated carbocycles. The molecular formula is C13H15BrO4. The van der Waals surface area contributed by atoms with Gasteiger partial charge in [-0.15, -0.1) is 0 Å². The van der Waals surface area contributed by atoms with E-state index >= 15 is 0 Å². The Morgan fingerprint density at radius 3 is 1.94 bits per heavy atom. The summed E-state index contributed by atoms with van der Waals surface area (Å²) in [6.07, 6.45) is 0.236. The molecule has 0 spiro atoms. The van der Waals surface area contributed by atoms with Crippen molar-refractivity contribution in [1.82, 2.24) is 0 Å². The summed E-state index contributed by atoms with van der Waals surface area (Å²) in [4.78, 5) is 23.5. The van der Waals surface area contributed by atoms with Crippen LogP contribution in [0.3, 0.4) is 0 Å². The molecule has 0 aliphatic heterocycles. The molecule has 0 aliphatic rings. The first kappa shape index (κ1) is 14.7. The number of halogens is 1. The molecule has 1 rings (SSSR count). The second-order valence-corrected chi connectivity index (χ2v) is 5.03. The quantitative estimate of drug-likeness (QED) is 0.632. The zero-order chi connectivity index (χ0) is 13.8. The van der Waals surface area contributed by atoms with Crippen molar-refractivity contribution in [2.24, 2.45) is 5.41 Å². The number of methoxy groups -OCH3 is 2. The lowest BCUT2D eigenvalue weighted by molar-refractivity contribution is -0.167. The van der Waals surface area contributed by atoms with Gasteiger partial charge in [0.05, 0.1) is 14.2 Å². The van der Waals surface area contributed by atoms with Crippen LogP contribution in [0, 0.1) is 5.41 Å². The number of carbonyl (C=O) groups excluding carboxylic acids is 2. The van der Waals surface area contributed by atoms with E-state index in [4.69, 9.17) is 0 Å². The van der Waals surface area contributed by atoms with Crippen LogP contribution in [-0.2, 0) is 25.5 Å². The van der Waals surface area contributed by atoms with Crippen molar-refractivity contribution < 1.29 is 19.1 Å². The molecule has 0 aromatic heterocycles.